The molecule has 18 heavy (non-hydrogen) atoms. The van der Waals surface area contributed by atoms with Crippen molar-refractivity contribution in [2.24, 2.45) is 0 Å². The average molecular weight is 262 g/mol. The van der Waals surface area contributed by atoms with Crippen LogP contribution >= 0.6 is 12.2 Å². The number of fused-ring (bicyclic) bond motifs is 1. The second-order valence-electron chi connectivity index (χ2n) is 5.35. The predicted molar refractivity (Wildman–Crippen MR) is 75.5 cm³/mol. The molecule has 3 nitrogen and oxygen atoms in total. The fourth-order valence-electron chi connectivity index (χ4n) is 2.90. The molecule has 0 radical (unpaired) electrons. The summed E-state index contributed by atoms with van der Waals surface area (Å²) >= 11 is 5.53. The van der Waals surface area contributed by atoms with Gasteiger partial charge in [0.1, 0.15) is 0 Å². The van der Waals surface area contributed by atoms with Crippen LogP contribution in [0.4, 0.5) is 0 Å². The molecule has 0 bridgehead atoms. The number of nitrogens with zero attached hydrogens (tertiary/aromatic N) is 1. The fraction of sp³-hybridized carbons (Fsp3) is 0.500. The first kappa shape index (κ1) is 11.9. The molecule has 0 aliphatic carbocycles. The van der Waals surface area contributed by atoms with Crippen molar-refractivity contribution < 1.29 is 4.74 Å². The molecule has 1 fully saturated rings. The first-order valence-corrected chi connectivity index (χ1v) is 6.77. The van der Waals surface area contributed by atoms with Crippen LogP contribution in [0.1, 0.15) is 25.8 Å². The molecule has 2 aromatic rings. The minimum Gasteiger partial charge on any atom is -0.376 e. The summed E-state index contributed by atoms with van der Waals surface area (Å²) in [6.45, 7) is 7.27. The third-order valence-corrected chi connectivity index (χ3v) is 4.57. The van der Waals surface area contributed by atoms with Gasteiger partial charge in [-0.1, -0.05) is 12.1 Å². The van der Waals surface area contributed by atoms with E-state index in [1.807, 2.05) is 0 Å². The second-order valence-corrected chi connectivity index (χ2v) is 5.74. The maximum Gasteiger partial charge on any atom is 0.178 e. The molecule has 96 valence electrons. The van der Waals surface area contributed by atoms with Crippen molar-refractivity contribution in [3.63, 3.8) is 0 Å². The Hall–Kier alpha value is -1.13. The van der Waals surface area contributed by atoms with Gasteiger partial charge in [-0.05, 0) is 51.0 Å². The van der Waals surface area contributed by atoms with E-state index in [0.717, 1.165) is 23.3 Å². The summed E-state index contributed by atoms with van der Waals surface area (Å²) < 4.78 is 8.77. The monoisotopic (exact) mass is 262 g/mol. The summed E-state index contributed by atoms with van der Waals surface area (Å²) in [4.78, 5) is 3.34. The largest absolute Gasteiger partial charge is 0.376 e. The lowest BCUT2D eigenvalue weighted by atomic mass is 9.94. The van der Waals surface area contributed by atoms with Crippen LogP contribution in [0.3, 0.4) is 0 Å². The van der Waals surface area contributed by atoms with Gasteiger partial charge in [0.05, 0.1) is 22.7 Å². The lowest BCUT2D eigenvalue weighted by Gasteiger charge is -2.30. The maximum absolute atomic E-state index is 5.75. The minimum absolute atomic E-state index is 0.0525. The Kier molecular flexibility index (Phi) is 2.61. The van der Waals surface area contributed by atoms with E-state index in [1.165, 1.54) is 11.1 Å². The van der Waals surface area contributed by atoms with Gasteiger partial charge in [0.25, 0.3) is 0 Å². The van der Waals surface area contributed by atoms with E-state index in [9.17, 15) is 0 Å². The SMILES string of the molecule is Cc1cccc2c1[nH]c(=S)n2C1(C)CCOC1C. The number of imidazole rings is 1. The number of para-hydroxylation sites is 1. The molecule has 1 aliphatic rings. The Morgan fingerprint density at radius 2 is 2.28 bits per heavy atom. The predicted octanol–water partition coefficient (Wildman–Crippen LogP) is 3.53. The molecule has 2 unspecified atom stereocenters. The highest BCUT2D eigenvalue weighted by Gasteiger charge is 2.40. The number of ether oxygens (including phenoxy) is 1. The van der Waals surface area contributed by atoms with E-state index in [2.05, 4.69) is 48.5 Å². The molecule has 2 heterocycles. The molecular weight excluding hydrogens is 244 g/mol. The van der Waals surface area contributed by atoms with Gasteiger partial charge in [-0.2, -0.15) is 0 Å². The summed E-state index contributed by atoms with van der Waals surface area (Å²) in [5.41, 5.74) is 3.50. The highest BCUT2D eigenvalue weighted by atomic mass is 32.1. The number of benzene rings is 1. The third-order valence-electron chi connectivity index (χ3n) is 4.29. The molecule has 4 heteroatoms. The van der Waals surface area contributed by atoms with Crippen molar-refractivity contribution in [3.8, 4) is 0 Å². The van der Waals surface area contributed by atoms with Crippen LogP contribution in [0.5, 0.6) is 0 Å². The minimum atomic E-state index is -0.0525. The lowest BCUT2D eigenvalue weighted by molar-refractivity contribution is 0.0770. The van der Waals surface area contributed by atoms with E-state index in [0.29, 0.717) is 0 Å². The van der Waals surface area contributed by atoms with Gasteiger partial charge in [0.15, 0.2) is 4.77 Å². The van der Waals surface area contributed by atoms with Crippen molar-refractivity contribution in [1.82, 2.24) is 9.55 Å². The number of hydrogen-bond acceptors (Lipinski definition) is 2. The molecule has 1 saturated heterocycles. The molecule has 0 amide bonds. The summed E-state index contributed by atoms with van der Waals surface area (Å²) in [6.07, 6.45) is 1.19. The molecule has 0 spiro atoms. The summed E-state index contributed by atoms with van der Waals surface area (Å²) in [5.74, 6) is 0. The summed E-state index contributed by atoms with van der Waals surface area (Å²) in [7, 11) is 0. The van der Waals surface area contributed by atoms with Gasteiger partial charge >= 0.3 is 0 Å². The van der Waals surface area contributed by atoms with Crippen LogP contribution < -0.4 is 0 Å². The molecule has 1 N–H and O–H groups in total. The van der Waals surface area contributed by atoms with Crippen molar-refractivity contribution in [2.45, 2.75) is 38.8 Å². The van der Waals surface area contributed by atoms with Crippen LogP contribution in [-0.2, 0) is 10.3 Å². The number of aryl methyl sites for hydroxylation is 1. The van der Waals surface area contributed by atoms with E-state index < -0.39 is 0 Å². The van der Waals surface area contributed by atoms with E-state index in [4.69, 9.17) is 17.0 Å². The zero-order valence-corrected chi connectivity index (χ0v) is 11.8. The first-order valence-electron chi connectivity index (χ1n) is 6.36. The maximum atomic E-state index is 5.75. The molecule has 2 atom stereocenters. The normalized spacial score (nSPS) is 28.1. The number of aromatic nitrogens is 2. The van der Waals surface area contributed by atoms with E-state index in [-0.39, 0.29) is 11.6 Å². The second kappa shape index (κ2) is 3.93. The van der Waals surface area contributed by atoms with Gasteiger partial charge in [-0.15, -0.1) is 0 Å². The molecule has 1 aromatic heterocycles. The lowest BCUT2D eigenvalue weighted by Crippen LogP contribution is -2.36. The standard InChI is InChI=1S/C14H18N2OS/c1-9-5-4-6-11-12(9)15-13(18)16(11)14(3)7-8-17-10(14)2/h4-6,10H,7-8H2,1-3H3,(H,15,18). The smallest absolute Gasteiger partial charge is 0.178 e. The number of aromatic amines is 1. The fourth-order valence-corrected chi connectivity index (χ4v) is 3.31. The summed E-state index contributed by atoms with van der Waals surface area (Å²) in [6, 6.07) is 6.32. The van der Waals surface area contributed by atoms with Crippen molar-refractivity contribution in [1.29, 1.82) is 0 Å². The zero-order chi connectivity index (χ0) is 12.9. The van der Waals surface area contributed by atoms with Crippen LogP contribution in [0, 0.1) is 11.7 Å². The third kappa shape index (κ3) is 1.49. The van der Waals surface area contributed by atoms with Crippen LogP contribution in [0.15, 0.2) is 18.2 Å². The Bertz CT molecular complexity index is 657. The van der Waals surface area contributed by atoms with Crippen molar-refractivity contribution >= 4 is 23.3 Å². The average Bonchev–Trinajstić information content (AvgIpc) is 2.82. The van der Waals surface area contributed by atoms with Crippen LogP contribution in [0.2, 0.25) is 0 Å². The van der Waals surface area contributed by atoms with Gasteiger partial charge in [0, 0.05) is 6.61 Å². The van der Waals surface area contributed by atoms with E-state index >= 15 is 0 Å². The quantitative estimate of drug-likeness (QED) is 0.797. The molecule has 3 rings (SSSR count). The van der Waals surface area contributed by atoms with Gasteiger partial charge in [0.2, 0.25) is 0 Å². The molecule has 1 aliphatic heterocycles. The van der Waals surface area contributed by atoms with Gasteiger partial charge in [-0.3, -0.25) is 0 Å². The Labute approximate surface area is 112 Å². The first-order chi connectivity index (χ1) is 8.54. The van der Waals surface area contributed by atoms with E-state index in [1.54, 1.807) is 0 Å². The van der Waals surface area contributed by atoms with Gasteiger partial charge < -0.3 is 14.3 Å². The van der Waals surface area contributed by atoms with Crippen LogP contribution in [0.25, 0.3) is 11.0 Å². The Morgan fingerprint density at radius 3 is 2.94 bits per heavy atom. The number of nitrogens with one attached hydrogen (secondary N) is 1. The highest BCUT2D eigenvalue weighted by molar-refractivity contribution is 7.71. The topological polar surface area (TPSA) is 29.9 Å². The van der Waals surface area contributed by atoms with Crippen molar-refractivity contribution in [3.05, 3.63) is 28.5 Å². The molecule has 0 saturated carbocycles. The highest BCUT2D eigenvalue weighted by Crippen LogP contribution is 2.36. The summed E-state index contributed by atoms with van der Waals surface area (Å²) in [5, 5.41) is 0. The number of rotatable bonds is 1. The Morgan fingerprint density at radius 1 is 1.50 bits per heavy atom. The molecule has 1 aromatic carbocycles. The number of hydrogen-bond donors (Lipinski definition) is 1. The zero-order valence-electron chi connectivity index (χ0n) is 11.0. The molecular formula is C14H18N2OS. The van der Waals surface area contributed by atoms with Crippen LogP contribution in [-0.4, -0.2) is 22.3 Å². The van der Waals surface area contributed by atoms with Gasteiger partial charge in [-0.25, -0.2) is 0 Å². The number of H-pyrrole nitrogens is 1. The Balaban J connectivity index is 2.33. The van der Waals surface area contributed by atoms with Crippen molar-refractivity contribution in [2.75, 3.05) is 6.61 Å².